The molecule has 8 nitrogen and oxygen atoms in total. The van der Waals surface area contributed by atoms with Crippen molar-refractivity contribution >= 4 is 44.7 Å². The van der Waals surface area contributed by atoms with Gasteiger partial charge in [0, 0.05) is 5.56 Å². The van der Waals surface area contributed by atoms with Crippen molar-refractivity contribution in [2.45, 2.75) is 6.92 Å². The Morgan fingerprint density at radius 1 is 1.17 bits per heavy atom. The molecule has 0 spiro atoms. The van der Waals surface area contributed by atoms with Crippen LogP contribution in [0.15, 0.2) is 70.2 Å². The van der Waals surface area contributed by atoms with Gasteiger partial charge in [-0.05, 0) is 37.3 Å². The summed E-state index contributed by atoms with van der Waals surface area (Å²) in [5.41, 5.74) is 2.22. The van der Waals surface area contributed by atoms with Gasteiger partial charge >= 0.3 is 5.88 Å². The second-order valence-corrected chi connectivity index (χ2v) is 7.13. The molecule has 4 rings (SSSR count). The van der Waals surface area contributed by atoms with E-state index in [4.69, 9.17) is 4.42 Å². The summed E-state index contributed by atoms with van der Waals surface area (Å²) in [7, 11) is 0. The molecule has 9 heteroatoms. The Morgan fingerprint density at radius 2 is 1.93 bits per heavy atom. The Hall–Kier alpha value is -3.85. The van der Waals surface area contributed by atoms with Crippen molar-refractivity contribution in [3.63, 3.8) is 0 Å². The number of carbonyl (C=O) groups excluding carboxylic acids is 1. The lowest BCUT2D eigenvalue weighted by molar-refractivity contribution is -0.402. The van der Waals surface area contributed by atoms with E-state index in [2.05, 4.69) is 10.1 Å². The largest absolute Gasteiger partial charge is 0.433 e. The number of carbonyl (C=O) groups is 1. The van der Waals surface area contributed by atoms with Crippen molar-refractivity contribution in [1.29, 1.82) is 0 Å². The molecule has 2 heterocycles. The second kappa shape index (κ2) is 7.64. The zero-order valence-electron chi connectivity index (χ0n) is 15.2. The van der Waals surface area contributed by atoms with Gasteiger partial charge in [0.2, 0.25) is 5.13 Å². The summed E-state index contributed by atoms with van der Waals surface area (Å²) in [5.74, 6) is -0.622. The van der Waals surface area contributed by atoms with Crippen LogP contribution in [0.3, 0.4) is 0 Å². The number of furan rings is 1. The molecular formula is C20H14N4O4S. The lowest BCUT2D eigenvalue weighted by Gasteiger charge is -2.13. The van der Waals surface area contributed by atoms with Crippen molar-refractivity contribution in [2.24, 2.45) is 5.10 Å². The number of thiazole rings is 1. The maximum Gasteiger partial charge on any atom is 0.433 e. The molecule has 0 atom stereocenters. The highest BCUT2D eigenvalue weighted by Gasteiger charge is 2.21. The summed E-state index contributed by atoms with van der Waals surface area (Å²) in [4.78, 5) is 27.8. The number of fused-ring (bicyclic) bond motifs is 1. The number of rotatable bonds is 5. The summed E-state index contributed by atoms with van der Waals surface area (Å²) in [6.45, 7) is 1.93. The average molecular weight is 406 g/mol. The highest BCUT2D eigenvalue weighted by molar-refractivity contribution is 7.22. The van der Waals surface area contributed by atoms with E-state index in [0.717, 1.165) is 15.8 Å². The maximum atomic E-state index is 13.1. The summed E-state index contributed by atoms with van der Waals surface area (Å²) in [6.07, 6.45) is 1.26. The molecule has 0 aliphatic rings. The minimum atomic E-state index is -0.639. The fourth-order valence-electron chi connectivity index (χ4n) is 2.58. The van der Waals surface area contributed by atoms with Crippen LogP contribution in [-0.2, 0) is 0 Å². The van der Waals surface area contributed by atoms with Crippen molar-refractivity contribution in [2.75, 3.05) is 5.01 Å². The number of nitro groups is 1. The van der Waals surface area contributed by atoms with E-state index in [1.165, 1.54) is 34.7 Å². The standard InChI is InChI=1S/C20H14N4O4S/c1-13-6-8-14(9-7-13)19(25)23(20-22-16-4-2-3-5-17(16)29-20)21-12-15-10-11-18(28-15)24(26)27/h2-12H,1H3/b21-12-. The molecule has 0 radical (unpaired) electrons. The van der Waals surface area contributed by atoms with Gasteiger partial charge in [-0.2, -0.15) is 10.1 Å². The van der Waals surface area contributed by atoms with Crippen LogP contribution in [-0.4, -0.2) is 22.0 Å². The van der Waals surface area contributed by atoms with Crippen LogP contribution in [0.2, 0.25) is 0 Å². The minimum absolute atomic E-state index is 0.152. The van der Waals surface area contributed by atoms with Crippen LogP contribution in [0.4, 0.5) is 11.0 Å². The third kappa shape index (κ3) is 3.90. The van der Waals surface area contributed by atoms with Gasteiger partial charge in [-0.3, -0.25) is 14.9 Å². The fourth-order valence-corrected chi connectivity index (χ4v) is 3.50. The third-order valence-electron chi connectivity index (χ3n) is 4.05. The molecule has 0 saturated carbocycles. The van der Waals surface area contributed by atoms with E-state index >= 15 is 0 Å². The summed E-state index contributed by atoms with van der Waals surface area (Å²) < 4.78 is 6.00. The van der Waals surface area contributed by atoms with Crippen LogP contribution in [0.1, 0.15) is 21.7 Å². The Kier molecular flexibility index (Phi) is 4.88. The maximum absolute atomic E-state index is 13.1. The van der Waals surface area contributed by atoms with E-state index in [9.17, 15) is 14.9 Å². The van der Waals surface area contributed by atoms with Gasteiger partial charge in [0.15, 0.2) is 5.76 Å². The number of hydrazone groups is 1. The third-order valence-corrected chi connectivity index (χ3v) is 5.06. The SMILES string of the molecule is Cc1ccc(C(=O)N(/N=C\c2ccc([N+](=O)[O-])o2)c2nc3ccccc3s2)cc1. The molecule has 2 aromatic carbocycles. The normalized spacial score (nSPS) is 11.2. The number of hydrogen-bond donors (Lipinski definition) is 0. The highest BCUT2D eigenvalue weighted by Crippen LogP contribution is 2.30. The molecule has 2 aromatic heterocycles. The summed E-state index contributed by atoms with van der Waals surface area (Å²) >= 11 is 1.32. The number of para-hydroxylation sites is 1. The molecule has 0 aliphatic carbocycles. The first-order chi connectivity index (χ1) is 14.0. The Bertz CT molecular complexity index is 1190. The van der Waals surface area contributed by atoms with E-state index < -0.39 is 10.8 Å². The Balaban J connectivity index is 1.73. The van der Waals surface area contributed by atoms with Gasteiger partial charge in [0.1, 0.15) is 4.92 Å². The number of aromatic nitrogens is 1. The van der Waals surface area contributed by atoms with Crippen LogP contribution in [0, 0.1) is 17.0 Å². The molecule has 0 N–H and O–H groups in total. The minimum Gasteiger partial charge on any atom is -0.400 e. The first-order valence-electron chi connectivity index (χ1n) is 8.56. The molecular weight excluding hydrogens is 392 g/mol. The van der Waals surface area contributed by atoms with Crippen LogP contribution in [0.5, 0.6) is 0 Å². The molecule has 0 bridgehead atoms. The van der Waals surface area contributed by atoms with Gasteiger partial charge in [0.25, 0.3) is 5.91 Å². The fraction of sp³-hybridized carbons (Fsp3) is 0.0500. The van der Waals surface area contributed by atoms with Gasteiger partial charge < -0.3 is 4.42 Å². The average Bonchev–Trinajstić information content (AvgIpc) is 3.35. The molecule has 1 amide bonds. The molecule has 0 aliphatic heterocycles. The summed E-state index contributed by atoms with van der Waals surface area (Å²) in [5, 5.41) is 16.6. The van der Waals surface area contributed by atoms with E-state index in [1.54, 1.807) is 12.1 Å². The number of anilines is 1. The molecule has 0 saturated heterocycles. The Labute approximate surface area is 168 Å². The first kappa shape index (κ1) is 18.5. The van der Waals surface area contributed by atoms with E-state index in [1.807, 2.05) is 43.3 Å². The van der Waals surface area contributed by atoms with Crippen LogP contribution < -0.4 is 5.01 Å². The molecule has 0 unspecified atom stereocenters. The van der Waals surface area contributed by atoms with E-state index in [0.29, 0.717) is 10.7 Å². The van der Waals surface area contributed by atoms with Crippen LogP contribution >= 0.6 is 11.3 Å². The zero-order valence-corrected chi connectivity index (χ0v) is 16.0. The predicted molar refractivity (Wildman–Crippen MR) is 111 cm³/mol. The van der Waals surface area contributed by atoms with Gasteiger partial charge in [-0.25, -0.2) is 4.98 Å². The van der Waals surface area contributed by atoms with Crippen LogP contribution in [0.25, 0.3) is 10.2 Å². The Morgan fingerprint density at radius 3 is 2.62 bits per heavy atom. The van der Waals surface area contributed by atoms with Crippen molar-refractivity contribution in [1.82, 2.24) is 4.98 Å². The summed E-state index contributed by atoms with van der Waals surface area (Å²) in [6, 6.07) is 17.3. The quantitative estimate of drug-likeness (QED) is 0.269. The first-order valence-corrected chi connectivity index (χ1v) is 9.38. The van der Waals surface area contributed by atoms with Gasteiger partial charge in [-0.15, -0.1) is 0 Å². The van der Waals surface area contributed by atoms with Crippen molar-refractivity contribution in [3.05, 3.63) is 87.7 Å². The van der Waals surface area contributed by atoms with Gasteiger partial charge in [-0.1, -0.05) is 41.2 Å². The number of hydrogen-bond acceptors (Lipinski definition) is 7. The topological polar surface area (TPSA) is 102 Å². The molecule has 0 fully saturated rings. The number of amides is 1. The van der Waals surface area contributed by atoms with Crippen molar-refractivity contribution in [3.8, 4) is 0 Å². The molecule has 29 heavy (non-hydrogen) atoms. The highest BCUT2D eigenvalue weighted by atomic mass is 32.1. The lowest BCUT2D eigenvalue weighted by atomic mass is 10.1. The number of nitrogens with zero attached hydrogens (tertiary/aromatic N) is 4. The van der Waals surface area contributed by atoms with E-state index in [-0.39, 0.29) is 11.7 Å². The lowest BCUT2D eigenvalue weighted by Crippen LogP contribution is -2.25. The molecule has 4 aromatic rings. The number of benzene rings is 2. The molecule has 144 valence electrons. The predicted octanol–water partition coefficient (Wildman–Crippen LogP) is 4.79. The second-order valence-electron chi connectivity index (χ2n) is 6.12. The number of aryl methyl sites for hydroxylation is 1. The van der Waals surface area contributed by atoms with Gasteiger partial charge in [0.05, 0.1) is 22.5 Å². The smallest absolute Gasteiger partial charge is 0.400 e. The zero-order chi connectivity index (χ0) is 20.4. The van der Waals surface area contributed by atoms with Crippen molar-refractivity contribution < 1.29 is 14.1 Å². The monoisotopic (exact) mass is 406 g/mol.